The third-order valence-electron chi connectivity index (χ3n) is 3.15. The highest BCUT2D eigenvalue weighted by atomic mass is 32.1. The number of nitrogens with zero attached hydrogens (tertiary/aromatic N) is 2. The smallest absolute Gasteiger partial charge is 0.169 e. The number of nitrogens with one attached hydrogen (secondary N) is 1. The van der Waals surface area contributed by atoms with Crippen LogP contribution in [0.5, 0.6) is 0 Å². The number of hydrogen-bond acceptors (Lipinski definition) is 3. The Labute approximate surface area is 114 Å². The van der Waals surface area contributed by atoms with Crippen LogP contribution in [0.15, 0.2) is 22.8 Å². The Morgan fingerprint density at radius 1 is 1.39 bits per heavy atom. The molecule has 1 aromatic rings. The fourth-order valence-corrected chi connectivity index (χ4v) is 2.36. The molecule has 2 rings (SSSR count). The summed E-state index contributed by atoms with van der Waals surface area (Å²) >= 11 is 5.37. The maximum absolute atomic E-state index is 5.37. The lowest BCUT2D eigenvalue weighted by molar-refractivity contribution is 0.164. The molecule has 1 aliphatic rings. The summed E-state index contributed by atoms with van der Waals surface area (Å²) in [7, 11) is 0. The molecule has 0 spiro atoms. The minimum Gasteiger partial charge on any atom is -0.468 e. The average molecular weight is 267 g/mol. The van der Waals surface area contributed by atoms with E-state index < -0.39 is 0 Å². The van der Waals surface area contributed by atoms with Crippen molar-refractivity contribution in [2.75, 3.05) is 32.7 Å². The van der Waals surface area contributed by atoms with E-state index in [0.29, 0.717) is 0 Å². The number of furan rings is 1. The van der Waals surface area contributed by atoms with Gasteiger partial charge in [-0.2, -0.15) is 0 Å². The second-order valence-corrected chi connectivity index (χ2v) is 4.96. The zero-order valence-electron chi connectivity index (χ0n) is 10.9. The molecule has 0 amide bonds. The molecule has 1 N–H and O–H groups in total. The quantitative estimate of drug-likeness (QED) is 0.839. The fourth-order valence-electron chi connectivity index (χ4n) is 2.08. The largest absolute Gasteiger partial charge is 0.468 e. The SMILES string of the molecule is CCCNC(=S)N1CCN(Cc2ccco2)CC1. The summed E-state index contributed by atoms with van der Waals surface area (Å²) in [6.07, 6.45) is 2.84. The molecular weight excluding hydrogens is 246 g/mol. The average Bonchev–Trinajstić information content (AvgIpc) is 2.89. The lowest BCUT2D eigenvalue weighted by Gasteiger charge is -2.35. The van der Waals surface area contributed by atoms with Crippen molar-refractivity contribution in [2.45, 2.75) is 19.9 Å². The summed E-state index contributed by atoms with van der Waals surface area (Å²) < 4.78 is 5.37. The summed E-state index contributed by atoms with van der Waals surface area (Å²) in [5, 5.41) is 4.18. The Morgan fingerprint density at radius 3 is 2.78 bits per heavy atom. The third-order valence-corrected chi connectivity index (χ3v) is 3.55. The number of piperazine rings is 1. The molecule has 0 radical (unpaired) electrons. The van der Waals surface area contributed by atoms with Gasteiger partial charge >= 0.3 is 0 Å². The summed E-state index contributed by atoms with van der Waals surface area (Å²) in [4.78, 5) is 4.65. The zero-order valence-corrected chi connectivity index (χ0v) is 11.7. The fraction of sp³-hybridized carbons (Fsp3) is 0.615. The highest BCUT2D eigenvalue weighted by Gasteiger charge is 2.19. The Bertz CT molecular complexity index is 358. The van der Waals surface area contributed by atoms with Crippen LogP contribution in [0.25, 0.3) is 0 Å². The van der Waals surface area contributed by atoms with E-state index in [4.69, 9.17) is 16.6 Å². The Kier molecular flexibility index (Phi) is 5.01. The molecule has 1 saturated heterocycles. The summed E-state index contributed by atoms with van der Waals surface area (Å²) in [6, 6.07) is 3.97. The van der Waals surface area contributed by atoms with Crippen LogP contribution in [0.4, 0.5) is 0 Å². The lowest BCUT2D eigenvalue weighted by Crippen LogP contribution is -2.51. The predicted octanol–water partition coefficient (Wildman–Crippen LogP) is 1.68. The molecule has 2 heterocycles. The maximum atomic E-state index is 5.37. The van der Waals surface area contributed by atoms with E-state index in [2.05, 4.69) is 22.0 Å². The number of hydrogen-bond donors (Lipinski definition) is 1. The van der Waals surface area contributed by atoms with E-state index in [1.165, 1.54) is 0 Å². The van der Waals surface area contributed by atoms with Gasteiger partial charge < -0.3 is 14.6 Å². The second kappa shape index (κ2) is 6.75. The van der Waals surface area contributed by atoms with Gasteiger partial charge in [0.1, 0.15) is 5.76 Å². The van der Waals surface area contributed by atoms with Crippen molar-refractivity contribution in [2.24, 2.45) is 0 Å². The third kappa shape index (κ3) is 3.71. The molecule has 0 aliphatic carbocycles. The zero-order chi connectivity index (χ0) is 12.8. The molecule has 4 nitrogen and oxygen atoms in total. The highest BCUT2D eigenvalue weighted by molar-refractivity contribution is 7.80. The van der Waals surface area contributed by atoms with Gasteiger partial charge in [-0.15, -0.1) is 0 Å². The molecule has 0 atom stereocenters. The highest BCUT2D eigenvalue weighted by Crippen LogP contribution is 2.09. The van der Waals surface area contributed by atoms with Crippen molar-refractivity contribution in [3.05, 3.63) is 24.2 Å². The van der Waals surface area contributed by atoms with Crippen LogP contribution in [0.1, 0.15) is 19.1 Å². The maximum Gasteiger partial charge on any atom is 0.169 e. The van der Waals surface area contributed by atoms with Gasteiger partial charge in [0.2, 0.25) is 0 Å². The van der Waals surface area contributed by atoms with Gasteiger partial charge in [-0.3, -0.25) is 4.90 Å². The summed E-state index contributed by atoms with van der Waals surface area (Å²) in [6.45, 7) is 8.08. The number of thiocarbonyl (C=S) groups is 1. The first kappa shape index (κ1) is 13.4. The normalized spacial score (nSPS) is 16.8. The van der Waals surface area contributed by atoms with E-state index in [1.807, 2.05) is 12.1 Å². The van der Waals surface area contributed by atoms with Gasteiger partial charge in [-0.1, -0.05) is 6.92 Å². The van der Waals surface area contributed by atoms with Crippen LogP contribution < -0.4 is 5.32 Å². The van der Waals surface area contributed by atoms with Crippen molar-refractivity contribution in [1.29, 1.82) is 0 Å². The Hall–Kier alpha value is -1.07. The number of rotatable bonds is 4. The van der Waals surface area contributed by atoms with Gasteiger partial charge in [0.25, 0.3) is 0 Å². The molecule has 100 valence electrons. The topological polar surface area (TPSA) is 31.6 Å². The molecule has 1 fully saturated rings. The van der Waals surface area contributed by atoms with Crippen LogP contribution in [-0.4, -0.2) is 47.6 Å². The molecule has 0 unspecified atom stereocenters. The van der Waals surface area contributed by atoms with E-state index in [9.17, 15) is 0 Å². The van der Waals surface area contributed by atoms with E-state index in [1.54, 1.807) is 6.26 Å². The van der Waals surface area contributed by atoms with Crippen molar-refractivity contribution >= 4 is 17.3 Å². The Balaban J connectivity index is 1.72. The first-order valence-electron chi connectivity index (χ1n) is 6.57. The van der Waals surface area contributed by atoms with Crippen molar-refractivity contribution in [3.8, 4) is 0 Å². The standard InChI is InChI=1S/C13H21N3OS/c1-2-5-14-13(18)16-8-6-15(7-9-16)11-12-4-3-10-17-12/h3-4,10H,2,5-9,11H2,1H3,(H,14,18). The Morgan fingerprint density at radius 2 is 2.17 bits per heavy atom. The van der Waals surface area contributed by atoms with Crippen LogP contribution >= 0.6 is 12.2 Å². The minimum absolute atomic E-state index is 0.898. The van der Waals surface area contributed by atoms with Crippen LogP contribution in [-0.2, 0) is 6.54 Å². The van der Waals surface area contributed by atoms with Crippen molar-refractivity contribution < 1.29 is 4.42 Å². The second-order valence-electron chi connectivity index (χ2n) is 4.57. The van der Waals surface area contributed by atoms with Gasteiger partial charge in [0.05, 0.1) is 12.8 Å². The van der Waals surface area contributed by atoms with Gasteiger partial charge in [0.15, 0.2) is 5.11 Å². The molecule has 5 heteroatoms. The van der Waals surface area contributed by atoms with Crippen molar-refractivity contribution in [3.63, 3.8) is 0 Å². The lowest BCUT2D eigenvalue weighted by atomic mass is 10.3. The molecule has 18 heavy (non-hydrogen) atoms. The van der Waals surface area contributed by atoms with E-state index in [0.717, 1.165) is 56.6 Å². The van der Waals surface area contributed by atoms with Crippen LogP contribution in [0.2, 0.25) is 0 Å². The first-order chi connectivity index (χ1) is 8.79. The monoisotopic (exact) mass is 267 g/mol. The molecule has 0 aromatic carbocycles. The molecular formula is C13H21N3OS. The molecule has 0 bridgehead atoms. The van der Waals surface area contributed by atoms with Gasteiger partial charge in [-0.25, -0.2) is 0 Å². The molecule has 1 aromatic heterocycles. The molecule has 1 aliphatic heterocycles. The summed E-state index contributed by atoms with van der Waals surface area (Å²) in [5.41, 5.74) is 0. The van der Waals surface area contributed by atoms with Crippen LogP contribution in [0, 0.1) is 0 Å². The first-order valence-corrected chi connectivity index (χ1v) is 6.98. The van der Waals surface area contributed by atoms with Gasteiger partial charge in [-0.05, 0) is 30.8 Å². The van der Waals surface area contributed by atoms with E-state index in [-0.39, 0.29) is 0 Å². The van der Waals surface area contributed by atoms with Gasteiger partial charge in [0, 0.05) is 32.7 Å². The summed E-state index contributed by atoms with van der Waals surface area (Å²) in [5.74, 6) is 1.04. The minimum atomic E-state index is 0.898. The van der Waals surface area contributed by atoms with Crippen LogP contribution in [0.3, 0.4) is 0 Å². The molecule has 0 saturated carbocycles. The predicted molar refractivity (Wildman–Crippen MR) is 76.4 cm³/mol. The van der Waals surface area contributed by atoms with E-state index >= 15 is 0 Å². The van der Waals surface area contributed by atoms with Crippen molar-refractivity contribution in [1.82, 2.24) is 15.1 Å².